The predicted octanol–water partition coefficient (Wildman–Crippen LogP) is 4.50. The number of carbonyl (C=O) groups is 1. The quantitative estimate of drug-likeness (QED) is 0.887. The Balaban J connectivity index is 1.61. The smallest absolute Gasteiger partial charge is 0.228 e. The van der Waals surface area contributed by atoms with Crippen molar-refractivity contribution in [2.45, 2.75) is 26.3 Å². The van der Waals surface area contributed by atoms with Crippen LogP contribution in [-0.4, -0.2) is 23.9 Å². The molecule has 126 valence electrons. The Hall–Kier alpha value is -1.84. The fourth-order valence-electron chi connectivity index (χ4n) is 3.23. The first-order chi connectivity index (χ1) is 11.6. The number of amides is 1. The van der Waals surface area contributed by atoms with E-state index in [1.807, 2.05) is 31.2 Å². The Kier molecular flexibility index (Phi) is 5.54. The Morgan fingerprint density at radius 1 is 1.21 bits per heavy atom. The Bertz CT molecular complexity index is 702. The third kappa shape index (κ3) is 4.16. The summed E-state index contributed by atoms with van der Waals surface area (Å²) >= 11 is 6.14. The van der Waals surface area contributed by atoms with Gasteiger partial charge in [-0.15, -0.1) is 0 Å². The lowest BCUT2D eigenvalue weighted by molar-refractivity contribution is -0.121. The van der Waals surface area contributed by atoms with Crippen molar-refractivity contribution in [3.8, 4) is 0 Å². The molecule has 1 aliphatic heterocycles. The molecule has 1 fully saturated rings. The summed E-state index contributed by atoms with van der Waals surface area (Å²) < 4.78 is 0. The van der Waals surface area contributed by atoms with Gasteiger partial charge in [0.25, 0.3) is 0 Å². The van der Waals surface area contributed by atoms with Crippen LogP contribution in [0.1, 0.15) is 24.0 Å². The number of carbonyl (C=O) groups excluding carboxylic acids is 1. The van der Waals surface area contributed by atoms with E-state index >= 15 is 0 Å². The van der Waals surface area contributed by atoms with Crippen LogP contribution < -0.4 is 5.32 Å². The summed E-state index contributed by atoms with van der Waals surface area (Å²) in [4.78, 5) is 15.0. The van der Waals surface area contributed by atoms with Crippen LogP contribution in [-0.2, 0) is 11.3 Å². The zero-order valence-corrected chi connectivity index (χ0v) is 14.7. The maximum Gasteiger partial charge on any atom is 0.228 e. The van der Waals surface area contributed by atoms with E-state index in [1.165, 1.54) is 5.56 Å². The molecule has 1 N–H and O–H groups in total. The normalized spacial score (nSPS) is 18.3. The minimum absolute atomic E-state index is 0.0286. The summed E-state index contributed by atoms with van der Waals surface area (Å²) in [6.45, 7) is 4.69. The van der Waals surface area contributed by atoms with Gasteiger partial charge in [-0.05, 0) is 49.6 Å². The van der Waals surface area contributed by atoms with Crippen LogP contribution in [0.5, 0.6) is 0 Å². The van der Waals surface area contributed by atoms with E-state index in [9.17, 15) is 4.79 Å². The lowest BCUT2D eigenvalue weighted by Gasteiger charge is -2.32. The zero-order valence-electron chi connectivity index (χ0n) is 14.0. The summed E-state index contributed by atoms with van der Waals surface area (Å²) in [5.41, 5.74) is 3.03. The molecule has 1 atom stereocenters. The van der Waals surface area contributed by atoms with Gasteiger partial charge in [-0.3, -0.25) is 9.69 Å². The molecule has 0 unspecified atom stereocenters. The van der Waals surface area contributed by atoms with Crippen molar-refractivity contribution in [3.63, 3.8) is 0 Å². The van der Waals surface area contributed by atoms with Crippen LogP contribution in [0.15, 0.2) is 48.5 Å². The Labute approximate surface area is 148 Å². The molecule has 1 saturated heterocycles. The van der Waals surface area contributed by atoms with Gasteiger partial charge in [-0.1, -0.05) is 48.0 Å². The maximum absolute atomic E-state index is 12.6. The second kappa shape index (κ2) is 7.82. The lowest BCUT2D eigenvalue weighted by Crippen LogP contribution is -2.40. The summed E-state index contributed by atoms with van der Waals surface area (Å²) in [5.74, 6) is 0.124. The third-order valence-corrected chi connectivity index (χ3v) is 5.06. The van der Waals surface area contributed by atoms with Crippen molar-refractivity contribution < 1.29 is 4.79 Å². The first kappa shape index (κ1) is 17.0. The fraction of sp³-hybridized carbons (Fsp3) is 0.350. The highest BCUT2D eigenvalue weighted by atomic mass is 35.5. The van der Waals surface area contributed by atoms with Gasteiger partial charge in [0.2, 0.25) is 5.91 Å². The number of nitrogens with one attached hydrogen (secondary N) is 1. The van der Waals surface area contributed by atoms with E-state index in [4.69, 9.17) is 11.6 Å². The van der Waals surface area contributed by atoms with Crippen LogP contribution >= 0.6 is 11.6 Å². The first-order valence-corrected chi connectivity index (χ1v) is 8.83. The second-order valence-corrected chi connectivity index (χ2v) is 6.87. The molecular formula is C20H23ClN2O. The van der Waals surface area contributed by atoms with Gasteiger partial charge in [0.1, 0.15) is 0 Å². The molecular weight excluding hydrogens is 320 g/mol. The minimum Gasteiger partial charge on any atom is -0.326 e. The molecule has 4 heteroatoms. The molecule has 0 radical (unpaired) electrons. The average Bonchev–Trinajstić information content (AvgIpc) is 2.60. The molecule has 0 saturated carbocycles. The molecule has 0 bridgehead atoms. The van der Waals surface area contributed by atoms with E-state index in [2.05, 4.69) is 34.5 Å². The zero-order chi connectivity index (χ0) is 16.9. The van der Waals surface area contributed by atoms with Gasteiger partial charge >= 0.3 is 0 Å². The molecule has 1 amide bonds. The third-order valence-electron chi connectivity index (χ3n) is 4.65. The van der Waals surface area contributed by atoms with E-state index in [1.54, 1.807) is 0 Å². The van der Waals surface area contributed by atoms with Crippen molar-refractivity contribution in [3.05, 3.63) is 64.7 Å². The number of rotatable bonds is 4. The average molecular weight is 343 g/mol. The number of piperidine rings is 1. The van der Waals surface area contributed by atoms with Crippen LogP contribution in [0.2, 0.25) is 5.02 Å². The summed E-state index contributed by atoms with van der Waals surface area (Å²) in [5, 5.41) is 3.74. The Morgan fingerprint density at radius 2 is 2.00 bits per heavy atom. The molecule has 0 aliphatic carbocycles. The molecule has 2 aromatic rings. The SMILES string of the molecule is Cc1c(Cl)cccc1NC(=O)[C@@H]1CCCN(Cc2ccccc2)C1. The molecule has 24 heavy (non-hydrogen) atoms. The maximum atomic E-state index is 12.6. The van der Waals surface area contributed by atoms with Crippen molar-refractivity contribution in [2.24, 2.45) is 5.92 Å². The second-order valence-electron chi connectivity index (χ2n) is 6.46. The van der Waals surface area contributed by atoms with Crippen LogP contribution in [0.4, 0.5) is 5.69 Å². The van der Waals surface area contributed by atoms with Crippen LogP contribution in [0.25, 0.3) is 0 Å². The number of nitrogens with zero attached hydrogens (tertiary/aromatic N) is 1. The van der Waals surface area contributed by atoms with E-state index in [0.29, 0.717) is 5.02 Å². The number of anilines is 1. The summed E-state index contributed by atoms with van der Waals surface area (Å²) in [7, 11) is 0. The van der Waals surface area contributed by atoms with E-state index in [-0.39, 0.29) is 11.8 Å². The molecule has 0 spiro atoms. The minimum atomic E-state index is 0.0286. The van der Waals surface area contributed by atoms with Crippen molar-refractivity contribution >= 4 is 23.2 Å². The van der Waals surface area contributed by atoms with E-state index in [0.717, 1.165) is 43.7 Å². The molecule has 3 rings (SSSR count). The van der Waals surface area contributed by atoms with Crippen LogP contribution in [0, 0.1) is 12.8 Å². The van der Waals surface area contributed by atoms with Gasteiger partial charge in [-0.25, -0.2) is 0 Å². The van der Waals surface area contributed by atoms with E-state index < -0.39 is 0 Å². The lowest BCUT2D eigenvalue weighted by atomic mass is 9.96. The highest BCUT2D eigenvalue weighted by Gasteiger charge is 2.26. The highest BCUT2D eigenvalue weighted by molar-refractivity contribution is 6.31. The van der Waals surface area contributed by atoms with Gasteiger partial charge in [-0.2, -0.15) is 0 Å². The number of hydrogen-bond donors (Lipinski definition) is 1. The number of halogens is 1. The molecule has 2 aromatic carbocycles. The molecule has 3 nitrogen and oxygen atoms in total. The van der Waals surface area contributed by atoms with Gasteiger partial charge in [0.05, 0.1) is 5.92 Å². The summed E-state index contributed by atoms with van der Waals surface area (Å²) in [6, 6.07) is 16.0. The first-order valence-electron chi connectivity index (χ1n) is 8.46. The van der Waals surface area contributed by atoms with Gasteiger partial charge < -0.3 is 5.32 Å². The topological polar surface area (TPSA) is 32.3 Å². The van der Waals surface area contributed by atoms with Crippen molar-refractivity contribution in [1.29, 1.82) is 0 Å². The van der Waals surface area contributed by atoms with Gasteiger partial charge in [0, 0.05) is 23.8 Å². The van der Waals surface area contributed by atoms with Crippen molar-refractivity contribution in [1.82, 2.24) is 4.90 Å². The number of likely N-dealkylation sites (tertiary alicyclic amines) is 1. The van der Waals surface area contributed by atoms with Gasteiger partial charge in [0.15, 0.2) is 0 Å². The van der Waals surface area contributed by atoms with Crippen molar-refractivity contribution in [2.75, 3.05) is 18.4 Å². The largest absolute Gasteiger partial charge is 0.326 e. The highest BCUT2D eigenvalue weighted by Crippen LogP contribution is 2.25. The standard InChI is InChI=1S/C20H23ClN2O/c1-15-18(21)10-5-11-19(15)22-20(24)17-9-6-12-23(14-17)13-16-7-3-2-4-8-16/h2-5,7-8,10-11,17H,6,9,12-14H2,1H3,(H,22,24)/t17-/m1/s1. The number of benzene rings is 2. The summed E-state index contributed by atoms with van der Waals surface area (Å²) in [6.07, 6.45) is 2.00. The molecule has 0 aromatic heterocycles. The van der Waals surface area contributed by atoms with Crippen LogP contribution in [0.3, 0.4) is 0 Å². The fourth-order valence-corrected chi connectivity index (χ4v) is 3.41. The predicted molar refractivity (Wildman–Crippen MR) is 99.3 cm³/mol. The monoisotopic (exact) mass is 342 g/mol. The molecule has 1 heterocycles. The Morgan fingerprint density at radius 3 is 2.79 bits per heavy atom. The molecule has 1 aliphatic rings. The number of hydrogen-bond acceptors (Lipinski definition) is 2.